The van der Waals surface area contributed by atoms with Crippen molar-refractivity contribution >= 4 is 6.03 Å². The molecule has 1 aliphatic heterocycles. The van der Waals surface area contributed by atoms with E-state index in [0.717, 1.165) is 32.5 Å². The number of amides is 2. The third-order valence-corrected chi connectivity index (χ3v) is 4.23. The highest BCUT2D eigenvalue weighted by molar-refractivity contribution is 5.74. The van der Waals surface area contributed by atoms with Crippen LogP contribution in [0.25, 0.3) is 0 Å². The average molecular weight is 319 g/mol. The zero-order chi connectivity index (χ0) is 16.7. The summed E-state index contributed by atoms with van der Waals surface area (Å²) >= 11 is 0. The lowest BCUT2D eigenvalue weighted by atomic mass is 10.00. The quantitative estimate of drug-likeness (QED) is 0.717. The van der Waals surface area contributed by atoms with Gasteiger partial charge in [-0.3, -0.25) is 4.90 Å². The number of rotatable bonds is 7. The lowest BCUT2D eigenvalue weighted by Crippen LogP contribution is -2.46. The van der Waals surface area contributed by atoms with Crippen LogP contribution < -0.4 is 10.6 Å². The molecule has 1 aromatic rings. The summed E-state index contributed by atoms with van der Waals surface area (Å²) in [5.41, 5.74) is 2.83. The molecule has 0 spiro atoms. The van der Waals surface area contributed by atoms with Gasteiger partial charge in [-0.15, -0.1) is 0 Å². The van der Waals surface area contributed by atoms with E-state index >= 15 is 0 Å². The molecule has 2 amide bonds. The van der Waals surface area contributed by atoms with Gasteiger partial charge in [0.15, 0.2) is 0 Å². The van der Waals surface area contributed by atoms with Crippen molar-refractivity contribution < 1.29 is 9.90 Å². The van der Waals surface area contributed by atoms with Gasteiger partial charge in [-0.2, -0.15) is 0 Å². The summed E-state index contributed by atoms with van der Waals surface area (Å²) in [4.78, 5) is 14.2. The molecule has 1 unspecified atom stereocenters. The average Bonchev–Trinajstić information content (AvgIpc) is 2.53. The monoisotopic (exact) mass is 319 g/mol. The van der Waals surface area contributed by atoms with Crippen LogP contribution in [-0.2, 0) is 13.0 Å². The molecule has 0 saturated carbocycles. The van der Waals surface area contributed by atoms with Crippen molar-refractivity contribution in [1.82, 2.24) is 15.5 Å². The first-order valence-corrected chi connectivity index (χ1v) is 8.53. The Balaban J connectivity index is 1.68. The molecule has 1 aliphatic rings. The number of hydrogen-bond acceptors (Lipinski definition) is 3. The second kappa shape index (κ2) is 8.89. The predicted molar refractivity (Wildman–Crippen MR) is 92.3 cm³/mol. The molecule has 5 nitrogen and oxygen atoms in total. The van der Waals surface area contributed by atoms with E-state index in [4.69, 9.17) is 0 Å². The Bertz CT molecular complexity index is 505. The van der Waals surface area contributed by atoms with Crippen LogP contribution in [0.4, 0.5) is 4.79 Å². The number of fused-ring (bicyclic) bond motifs is 1. The summed E-state index contributed by atoms with van der Waals surface area (Å²) in [7, 11) is 0. The number of nitrogens with zero attached hydrogens (tertiary/aromatic N) is 1. The summed E-state index contributed by atoms with van der Waals surface area (Å²) in [5, 5.41) is 15.0. The van der Waals surface area contributed by atoms with E-state index in [2.05, 4.69) is 53.6 Å². The summed E-state index contributed by atoms with van der Waals surface area (Å²) in [5.74, 6) is 0.445. The van der Waals surface area contributed by atoms with Crippen molar-refractivity contribution in [2.24, 2.45) is 5.92 Å². The van der Waals surface area contributed by atoms with Crippen LogP contribution in [0.15, 0.2) is 24.3 Å². The number of aliphatic hydroxyl groups is 1. The molecule has 0 radical (unpaired) electrons. The van der Waals surface area contributed by atoms with Gasteiger partial charge in [-0.25, -0.2) is 4.79 Å². The number of benzene rings is 1. The summed E-state index contributed by atoms with van der Waals surface area (Å²) in [6.07, 6.45) is 1.86. The first kappa shape index (κ1) is 17.8. The Kier molecular flexibility index (Phi) is 6.86. The Morgan fingerprint density at radius 3 is 2.74 bits per heavy atom. The standard InChI is InChI=1S/C18H29N3O2/c1-14(2)11-17(13-22)20-18(23)19-8-10-21-9-7-15-5-3-4-6-16(15)12-21/h3-6,14,17,22H,7-13H2,1-2H3,(H2,19,20,23). The number of nitrogens with one attached hydrogen (secondary N) is 2. The van der Waals surface area contributed by atoms with E-state index in [1.54, 1.807) is 0 Å². The molecular formula is C18H29N3O2. The minimum atomic E-state index is -0.192. The van der Waals surface area contributed by atoms with Crippen LogP contribution in [-0.4, -0.2) is 48.3 Å². The van der Waals surface area contributed by atoms with Crippen molar-refractivity contribution in [2.45, 2.75) is 39.3 Å². The van der Waals surface area contributed by atoms with Gasteiger partial charge in [0.2, 0.25) is 0 Å². The predicted octanol–water partition coefficient (Wildman–Crippen LogP) is 1.75. The van der Waals surface area contributed by atoms with Gasteiger partial charge in [0.25, 0.3) is 0 Å². The Labute approximate surface area is 139 Å². The van der Waals surface area contributed by atoms with E-state index in [0.29, 0.717) is 12.5 Å². The minimum absolute atomic E-state index is 0.0193. The van der Waals surface area contributed by atoms with Crippen LogP contribution in [0.3, 0.4) is 0 Å². The molecule has 1 atom stereocenters. The number of aliphatic hydroxyl groups excluding tert-OH is 1. The molecule has 128 valence electrons. The van der Waals surface area contributed by atoms with Crippen molar-refractivity contribution in [2.75, 3.05) is 26.2 Å². The van der Waals surface area contributed by atoms with Crippen molar-refractivity contribution in [3.8, 4) is 0 Å². The van der Waals surface area contributed by atoms with E-state index in [1.165, 1.54) is 11.1 Å². The molecule has 0 saturated heterocycles. The van der Waals surface area contributed by atoms with Gasteiger partial charge in [-0.05, 0) is 29.9 Å². The maximum absolute atomic E-state index is 11.9. The topological polar surface area (TPSA) is 64.6 Å². The largest absolute Gasteiger partial charge is 0.394 e. The third kappa shape index (κ3) is 5.84. The smallest absolute Gasteiger partial charge is 0.315 e. The summed E-state index contributed by atoms with van der Waals surface area (Å²) in [6, 6.07) is 8.19. The Morgan fingerprint density at radius 2 is 2.04 bits per heavy atom. The second-order valence-electron chi connectivity index (χ2n) is 6.70. The first-order valence-electron chi connectivity index (χ1n) is 8.53. The normalized spacial score (nSPS) is 16.0. The van der Waals surface area contributed by atoms with Crippen LogP contribution in [0.5, 0.6) is 0 Å². The van der Waals surface area contributed by atoms with Gasteiger partial charge in [0, 0.05) is 26.2 Å². The molecule has 1 aromatic carbocycles. The zero-order valence-corrected chi connectivity index (χ0v) is 14.2. The highest BCUT2D eigenvalue weighted by Crippen LogP contribution is 2.17. The number of hydrogen-bond donors (Lipinski definition) is 3. The lowest BCUT2D eigenvalue weighted by Gasteiger charge is -2.28. The van der Waals surface area contributed by atoms with Crippen LogP contribution in [0, 0.1) is 5.92 Å². The molecular weight excluding hydrogens is 290 g/mol. The lowest BCUT2D eigenvalue weighted by molar-refractivity contribution is 0.204. The number of carbonyl (C=O) groups is 1. The maximum Gasteiger partial charge on any atom is 0.315 e. The molecule has 0 fully saturated rings. The fourth-order valence-electron chi connectivity index (χ4n) is 3.06. The van der Waals surface area contributed by atoms with Crippen LogP contribution in [0.2, 0.25) is 0 Å². The molecule has 0 aliphatic carbocycles. The van der Waals surface area contributed by atoms with Gasteiger partial charge < -0.3 is 15.7 Å². The summed E-state index contributed by atoms with van der Waals surface area (Å²) < 4.78 is 0. The minimum Gasteiger partial charge on any atom is -0.394 e. The zero-order valence-electron chi connectivity index (χ0n) is 14.2. The molecule has 23 heavy (non-hydrogen) atoms. The Hall–Kier alpha value is -1.59. The van der Waals surface area contributed by atoms with Gasteiger partial charge in [-0.1, -0.05) is 38.1 Å². The molecule has 5 heteroatoms. The summed E-state index contributed by atoms with van der Waals surface area (Å²) in [6.45, 7) is 7.59. The fraction of sp³-hybridized carbons (Fsp3) is 0.611. The highest BCUT2D eigenvalue weighted by atomic mass is 16.3. The molecule has 0 bridgehead atoms. The maximum atomic E-state index is 11.9. The molecule has 0 aromatic heterocycles. The third-order valence-electron chi connectivity index (χ3n) is 4.23. The molecule has 3 N–H and O–H groups in total. The first-order chi connectivity index (χ1) is 11.1. The number of urea groups is 1. The van der Waals surface area contributed by atoms with E-state index in [-0.39, 0.29) is 18.7 Å². The van der Waals surface area contributed by atoms with Crippen LogP contribution in [0.1, 0.15) is 31.4 Å². The SMILES string of the molecule is CC(C)CC(CO)NC(=O)NCCN1CCc2ccccc2C1. The van der Waals surface area contributed by atoms with Gasteiger partial charge in [0.1, 0.15) is 0 Å². The van der Waals surface area contributed by atoms with Crippen molar-refractivity contribution in [3.05, 3.63) is 35.4 Å². The van der Waals surface area contributed by atoms with Gasteiger partial charge in [0.05, 0.1) is 12.6 Å². The Morgan fingerprint density at radius 1 is 1.30 bits per heavy atom. The van der Waals surface area contributed by atoms with E-state index < -0.39 is 0 Å². The van der Waals surface area contributed by atoms with Crippen molar-refractivity contribution in [3.63, 3.8) is 0 Å². The molecule has 2 rings (SSSR count). The van der Waals surface area contributed by atoms with Gasteiger partial charge >= 0.3 is 6.03 Å². The second-order valence-corrected chi connectivity index (χ2v) is 6.70. The number of carbonyl (C=O) groups excluding carboxylic acids is 1. The molecule has 1 heterocycles. The van der Waals surface area contributed by atoms with E-state index in [9.17, 15) is 9.90 Å². The van der Waals surface area contributed by atoms with E-state index in [1.807, 2.05) is 0 Å². The fourth-order valence-corrected chi connectivity index (χ4v) is 3.06. The highest BCUT2D eigenvalue weighted by Gasteiger charge is 2.16. The van der Waals surface area contributed by atoms with Crippen molar-refractivity contribution in [1.29, 1.82) is 0 Å². The van der Waals surface area contributed by atoms with Crippen LogP contribution >= 0.6 is 0 Å².